The predicted octanol–water partition coefficient (Wildman–Crippen LogP) is 1.60. The number of carbonyl (C=O) groups is 1. The molecule has 0 aromatic carbocycles. The van der Waals surface area contributed by atoms with Crippen LogP contribution < -0.4 is 0 Å². The Morgan fingerprint density at radius 3 is 2.71 bits per heavy atom. The van der Waals surface area contributed by atoms with E-state index >= 15 is 0 Å². The van der Waals surface area contributed by atoms with Crippen LogP contribution in [0.4, 0.5) is 0 Å². The van der Waals surface area contributed by atoms with Gasteiger partial charge < -0.3 is 9.84 Å². The van der Waals surface area contributed by atoms with Crippen LogP contribution in [0.1, 0.15) is 32.6 Å². The van der Waals surface area contributed by atoms with Crippen LogP contribution in [0.2, 0.25) is 0 Å². The average Bonchev–Trinajstić information content (AvgIpc) is 2.71. The zero-order chi connectivity index (χ0) is 12.4. The third kappa shape index (κ3) is 2.80. The molecule has 4 unspecified atom stereocenters. The zero-order valence-corrected chi connectivity index (χ0v) is 10.8. The molecule has 0 amide bonds. The summed E-state index contributed by atoms with van der Waals surface area (Å²) in [6.07, 6.45) is 4.98. The molecule has 1 N–H and O–H groups in total. The number of carboxylic acid groups (broad SMARTS) is 1. The second-order valence-electron chi connectivity index (χ2n) is 5.55. The van der Waals surface area contributed by atoms with E-state index in [1.165, 1.54) is 12.8 Å². The summed E-state index contributed by atoms with van der Waals surface area (Å²) in [6.45, 7) is 3.70. The third-order valence-corrected chi connectivity index (χ3v) is 4.41. The van der Waals surface area contributed by atoms with Crippen LogP contribution in [0.15, 0.2) is 0 Å². The number of likely N-dealkylation sites (tertiary alicyclic amines) is 1. The fourth-order valence-electron chi connectivity index (χ4n) is 3.29. The molecule has 0 aromatic heterocycles. The smallest absolute Gasteiger partial charge is 0.308 e. The number of methoxy groups -OCH3 is 1. The molecule has 1 aliphatic heterocycles. The molecule has 0 radical (unpaired) electrons. The van der Waals surface area contributed by atoms with Crippen molar-refractivity contribution in [3.8, 4) is 0 Å². The Labute approximate surface area is 103 Å². The molecule has 1 heterocycles. The van der Waals surface area contributed by atoms with Crippen LogP contribution in [0.5, 0.6) is 0 Å². The first-order valence-electron chi connectivity index (χ1n) is 6.61. The van der Waals surface area contributed by atoms with Gasteiger partial charge in [-0.15, -0.1) is 0 Å². The molecule has 1 aliphatic carbocycles. The standard InChI is InChI=1S/C13H23NO3/c1-9-7-14(8-12(9)13(15)16)10-4-3-5-11(6-10)17-2/h9-12H,3-8H2,1-2H3,(H,15,16). The number of carboxylic acids is 1. The molecule has 0 spiro atoms. The lowest BCUT2D eigenvalue weighted by Gasteiger charge is -2.34. The maximum absolute atomic E-state index is 11.1. The van der Waals surface area contributed by atoms with Gasteiger partial charge in [0.05, 0.1) is 12.0 Å². The van der Waals surface area contributed by atoms with Crippen LogP contribution >= 0.6 is 0 Å². The van der Waals surface area contributed by atoms with Gasteiger partial charge in [0.15, 0.2) is 0 Å². The number of hydrogen-bond acceptors (Lipinski definition) is 3. The molecule has 4 heteroatoms. The molecule has 0 bridgehead atoms. The Kier molecular flexibility index (Phi) is 4.05. The molecule has 4 nitrogen and oxygen atoms in total. The number of hydrogen-bond donors (Lipinski definition) is 1. The van der Waals surface area contributed by atoms with E-state index in [2.05, 4.69) is 11.8 Å². The van der Waals surface area contributed by atoms with Gasteiger partial charge in [-0.1, -0.05) is 6.92 Å². The van der Waals surface area contributed by atoms with Crippen LogP contribution in [0.25, 0.3) is 0 Å². The lowest BCUT2D eigenvalue weighted by atomic mass is 9.92. The van der Waals surface area contributed by atoms with Crippen molar-refractivity contribution in [2.24, 2.45) is 11.8 Å². The third-order valence-electron chi connectivity index (χ3n) is 4.41. The van der Waals surface area contributed by atoms with E-state index in [9.17, 15) is 4.79 Å². The summed E-state index contributed by atoms with van der Waals surface area (Å²) < 4.78 is 5.44. The minimum absolute atomic E-state index is 0.182. The molecule has 0 aromatic rings. The second-order valence-corrected chi connectivity index (χ2v) is 5.55. The first kappa shape index (κ1) is 12.8. The number of rotatable bonds is 3. The van der Waals surface area contributed by atoms with E-state index in [4.69, 9.17) is 9.84 Å². The van der Waals surface area contributed by atoms with Crippen molar-refractivity contribution in [2.75, 3.05) is 20.2 Å². The lowest BCUT2D eigenvalue weighted by Crippen LogP contribution is -2.39. The van der Waals surface area contributed by atoms with Gasteiger partial charge in [-0.3, -0.25) is 9.69 Å². The summed E-state index contributed by atoms with van der Waals surface area (Å²) in [5, 5.41) is 9.15. The maximum atomic E-state index is 11.1. The maximum Gasteiger partial charge on any atom is 0.308 e. The van der Waals surface area contributed by atoms with Gasteiger partial charge in [0.2, 0.25) is 0 Å². The SMILES string of the molecule is COC1CCCC(N2CC(C)C(C(=O)O)C2)C1. The Hall–Kier alpha value is -0.610. The van der Waals surface area contributed by atoms with Gasteiger partial charge in [-0.2, -0.15) is 0 Å². The Bertz CT molecular complexity index is 282. The molecule has 1 saturated heterocycles. The zero-order valence-electron chi connectivity index (χ0n) is 10.8. The molecule has 98 valence electrons. The van der Waals surface area contributed by atoms with Crippen molar-refractivity contribution in [3.05, 3.63) is 0 Å². The quantitative estimate of drug-likeness (QED) is 0.815. The molecule has 4 atom stereocenters. The molecule has 17 heavy (non-hydrogen) atoms. The van der Waals surface area contributed by atoms with E-state index in [-0.39, 0.29) is 11.8 Å². The van der Waals surface area contributed by atoms with Crippen LogP contribution in [-0.4, -0.2) is 48.3 Å². The highest BCUT2D eigenvalue weighted by Crippen LogP contribution is 2.31. The molecule has 2 rings (SSSR count). The predicted molar refractivity (Wildman–Crippen MR) is 64.9 cm³/mol. The minimum Gasteiger partial charge on any atom is -0.481 e. The largest absolute Gasteiger partial charge is 0.481 e. The summed E-state index contributed by atoms with van der Waals surface area (Å²) in [6, 6.07) is 0.528. The summed E-state index contributed by atoms with van der Waals surface area (Å²) in [7, 11) is 1.78. The van der Waals surface area contributed by atoms with E-state index in [0.717, 1.165) is 25.9 Å². The summed E-state index contributed by atoms with van der Waals surface area (Å²) in [5.74, 6) is -0.549. The van der Waals surface area contributed by atoms with Gasteiger partial charge in [-0.25, -0.2) is 0 Å². The normalized spacial score (nSPS) is 39.4. The van der Waals surface area contributed by atoms with Gasteiger partial charge >= 0.3 is 5.97 Å². The van der Waals surface area contributed by atoms with Gasteiger partial charge in [0.25, 0.3) is 0 Å². The Morgan fingerprint density at radius 1 is 1.35 bits per heavy atom. The topological polar surface area (TPSA) is 49.8 Å². The van der Waals surface area contributed by atoms with Gasteiger partial charge in [-0.05, 0) is 31.6 Å². The van der Waals surface area contributed by atoms with E-state index in [0.29, 0.717) is 12.1 Å². The fourth-order valence-corrected chi connectivity index (χ4v) is 3.29. The van der Waals surface area contributed by atoms with Crippen molar-refractivity contribution in [2.45, 2.75) is 44.8 Å². The molecular weight excluding hydrogens is 218 g/mol. The Morgan fingerprint density at radius 2 is 2.12 bits per heavy atom. The highest BCUT2D eigenvalue weighted by molar-refractivity contribution is 5.71. The highest BCUT2D eigenvalue weighted by atomic mass is 16.5. The first-order valence-corrected chi connectivity index (χ1v) is 6.61. The van der Waals surface area contributed by atoms with E-state index in [1.807, 2.05) is 0 Å². The summed E-state index contributed by atoms with van der Waals surface area (Å²) in [5.41, 5.74) is 0. The number of ether oxygens (including phenoxy) is 1. The molecule has 2 aliphatic rings. The number of nitrogens with zero attached hydrogens (tertiary/aromatic N) is 1. The van der Waals surface area contributed by atoms with Crippen LogP contribution in [0, 0.1) is 11.8 Å². The van der Waals surface area contributed by atoms with Gasteiger partial charge in [0.1, 0.15) is 0 Å². The van der Waals surface area contributed by atoms with Crippen molar-refractivity contribution in [1.29, 1.82) is 0 Å². The molecule has 1 saturated carbocycles. The lowest BCUT2D eigenvalue weighted by molar-refractivity contribution is -0.142. The van der Waals surface area contributed by atoms with Crippen molar-refractivity contribution < 1.29 is 14.6 Å². The fraction of sp³-hybridized carbons (Fsp3) is 0.923. The van der Waals surface area contributed by atoms with Crippen molar-refractivity contribution in [1.82, 2.24) is 4.90 Å². The van der Waals surface area contributed by atoms with E-state index < -0.39 is 5.97 Å². The average molecular weight is 241 g/mol. The minimum atomic E-state index is -0.640. The number of aliphatic carboxylic acids is 1. The van der Waals surface area contributed by atoms with Crippen molar-refractivity contribution >= 4 is 5.97 Å². The Balaban J connectivity index is 1.93. The highest BCUT2D eigenvalue weighted by Gasteiger charge is 2.38. The van der Waals surface area contributed by atoms with Crippen LogP contribution in [-0.2, 0) is 9.53 Å². The molecular formula is C13H23NO3. The summed E-state index contributed by atoms with van der Waals surface area (Å²) in [4.78, 5) is 13.5. The molecule has 2 fully saturated rings. The van der Waals surface area contributed by atoms with E-state index in [1.54, 1.807) is 7.11 Å². The summed E-state index contributed by atoms with van der Waals surface area (Å²) >= 11 is 0. The van der Waals surface area contributed by atoms with Crippen molar-refractivity contribution in [3.63, 3.8) is 0 Å². The monoisotopic (exact) mass is 241 g/mol. The van der Waals surface area contributed by atoms with Gasteiger partial charge in [0, 0.05) is 26.2 Å². The first-order chi connectivity index (χ1) is 8.11. The van der Waals surface area contributed by atoms with Crippen LogP contribution in [0.3, 0.4) is 0 Å². The second kappa shape index (κ2) is 5.36.